The molecule has 0 saturated carbocycles. The van der Waals surface area contributed by atoms with E-state index < -0.39 is 70.3 Å². The van der Waals surface area contributed by atoms with Crippen molar-refractivity contribution in [3.05, 3.63) is 71.8 Å². The number of aromatic hydroxyl groups is 2. The Morgan fingerprint density at radius 2 is 0.676 bits per heavy atom. The van der Waals surface area contributed by atoms with Crippen LogP contribution < -0.4 is 0 Å². The van der Waals surface area contributed by atoms with Gasteiger partial charge in [0.25, 0.3) is 0 Å². The first-order valence-corrected chi connectivity index (χ1v) is 8.77. The summed E-state index contributed by atoms with van der Waals surface area (Å²) in [6, 6.07) is 2.16. The van der Waals surface area contributed by atoms with Gasteiger partial charge in [0, 0.05) is 11.1 Å². The monoisotopic (exact) mass is 512 g/mol. The predicted molar refractivity (Wildman–Crippen MR) is 92.9 cm³/mol. The number of rotatable bonds is 8. The maximum atomic E-state index is 14.0. The Balaban J connectivity index is 2.43. The molecular weight excluding hydrogens is 500 g/mol. The summed E-state index contributed by atoms with van der Waals surface area (Å²) < 4.78 is 168. The molecule has 0 fully saturated rings. The number of hydrogen-bond donors (Lipinski definition) is 2. The van der Waals surface area contributed by atoms with Gasteiger partial charge in [-0.3, -0.25) is 0 Å². The number of phenols is 2. The van der Waals surface area contributed by atoms with E-state index in [1.165, 1.54) is 0 Å². The van der Waals surface area contributed by atoms with Gasteiger partial charge in [0.05, 0.1) is 0 Å². The van der Waals surface area contributed by atoms with Gasteiger partial charge in [0.2, 0.25) is 0 Å². The lowest BCUT2D eigenvalue weighted by Crippen LogP contribution is -2.53. The Labute approximate surface area is 182 Å². The van der Waals surface area contributed by atoms with Crippen LogP contribution in [0.5, 0.6) is 11.5 Å². The SMILES string of the molecule is Oc1ccc(C(F)(F)C(F)(F)C(F)(F)/C=C/C(F)(F)C(F)(F)C(F)(F)c2ccc(O)cc2)cc1. The lowest BCUT2D eigenvalue weighted by molar-refractivity contribution is -0.304. The summed E-state index contributed by atoms with van der Waals surface area (Å²) in [5.74, 6) is -38.5. The molecule has 0 atom stereocenters. The van der Waals surface area contributed by atoms with Gasteiger partial charge in [-0.25, -0.2) is 0 Å². The Morgan fingerprint density at radius 1 is 0.441 bits per heavy atom. The largest absolute Gasteiger partial charge is 0.508 e. The zero-order chi connectivity index (χ0) is 26.4. The molecule has 0 aromatic heterocycles. The van der Waals surface area contributed by atoms with Crippen molar-refractivity contribution in [3.8, 4) is 11.5 Å². The number of hydrogen-bond acceptors (Lipinski definition) is 2. The summed E-state index contributed by atoms with van der Waals surface area (Å²) in [5.41, 5.74) is -3.58. The average Bonchev–Trinajstić information content (AvgIpc) is 2.72. The van der Waals surface area contributed by atoms with Gasteiger partial charge in [0.15, 0.2) is 0 Å². The van der Waals surface area contributed by atoms with Crippen LogP contribution in [0, 0.1) is 0 Å². The molecule has 0 amide bonds. The summed E-state index contributed by atoms with van der Waals surface area (Å²) in [7, 11) is 0. The van der Waals surface area contributed by atoms with Crippen molar-refractivity contribution in [1.82, 2.24) is 0 Å². The quantitative estimate of drug-likeness (QED) is 0.293. The van der Waals surface area contributed by atoms with E-state index in [1.54, 1.807) is 0 Å². The summed E-state index contributed by atoms with van der Waals surface area (Å²) in [6.07, 6.45) is -3.41. The molecule has 188 valence electrons. The Bertz CT molecular complexity index is 945. The highest BCUT2D eigenvalue weighted by atomic mass is 19.4. The molecule has 34 heavy (non-hydrogen) atoms. The topological polar surface area (TPSA) is 40.5 Å². The van der Waals surface area contributed by atoms with Crippen molar-refractivity contribution in [2.24, 2.45) is 0 Å². The minimum atomic E-state index is -6.50. The molecule has 2 rings (SSSR count). The lowest BCUT2D eigenvalue weighted by atomic mass is 9.94. The first-order valence-electron chi connectivity index (χ1n) is 8.77. The van der Waals surface area contributed by atoms with E-state index in [0.717, 1.165) is 0 Å². The molecule has 0 spiro atoms. The van der Waals surface area contributed by atoms with Gasteiger partial charge in [-0.2, -0.15) is 52.7 Å². The van der Waals surface area contributed by atoms with Gasteiger partial charge in [-0.15, -0.1) is 0 Å². The van der Waals surface area contributed by atoms with Crippen LogP contribution in [0.15, 0.2) is 60.7 Å². The third kappa shape index (κ3) is 4.37. The normalized spacial score (nSPS) is 14.6. The van der Waals surface area contributed by atoms with Crippen molar-refractivity contribution >= 4 is 0 Å². The highest BCUT2D eigenvalue weighted by Gasteiger charge is 2.73. The molecule has 2 aromatic rings. The minimum absolute atomic E-state index is 0.115. The van der Waals surface area contributed by atoms with Gasteiger partial charge >= 0.3 is 35.5 Å². The van der Waals surface area contributed by atoms with Crippen molar-refractivity contribution in [2.45, 2.75) is 35.5 Å². The second-order valence-corrected chi connectivity index (χ2v) is 6.97. The van der Waals surface area contributed by atoms with Gasteiger partial charge in [0.1, 0.15) is 11.5 Å². The summed E-state index contributed by atoms with van der Waals surface area (Å²) >= 11 is 0. The van der Waals surface area contributed by atoms with Crippen molar-refractivity contribution in [1.29, 1.82) is 0 Å². The molecule has 0 radical (unpaired) electrons. The second kappa shape index (κ2) is 8.31. The number of phenolic OH excluding ortho intramolecular Hbond substituents is 2. The van der Waals surface area contributed by atoms with Crippen molar-refractivity contribution in [3.63, 3.8) is 0 Å². The first kappa shape index (κ1) is 27.2. The minimum Gasteiger partial charge on any atom is -0.508 e. The van der Waals surface area contributed by atoms with E-state index in [1.807, 2.05) is 0 Å². The maximum Gasteiger partial charge on any atom is 0.380 e. The Morgan fingerprint density at radius 3 is 0.912 bits per heavy atom. The molecule has 0 saturated heterocycles. The highest BCUT2D eigenvalue weighted by molar-refractivity contribution is 5.33. The fourth-order valence-corrected chi connectivity index (χ4v) is 2.54. The third-order valence-electron chi connectivity index (χ3n) is 4.59. The van der Waals surface area contributed by atoms with E-state index in [4.69, 9.17) is 10.2 Å². The molecule has 0 aliphatic carbocycles. The van der Waals surface area contributed by atoms with E-state index in [-0.39, 0.29) is 24.3 Å². The van der Waals surface area contributed by atoms with E-state index >= 15 is 0 Å². The van der Waals surface area contributed by atoms with E-state index in [9.17, 15) is 52.7 Å². The predicted octanol–water partition coefficient (Wildman–Crippen LogP) is 7.08. The zero-order valence-corrected chi connectivity index (χ0v) is 16.2. The first-order chi connectivity index (χ1) is 15.2. The third-order valence-corrected chi connectivity index (χ3v) is 4.59. The highest BCUT2D eigenvalue weighted by Crippen LogP contribution is 2.54. The van der Waals surface area contributed by atoms with Crippen LogP contribution in [0.1, 0.15) is 11.1 Å². The molecule has 14 heteroatoms. The molecule has 0 heterocycles. The Hall–Kier alpha value is -3.06. The van der Waals surface area contributed by atoms with Crippen LogP contribution in [0.4, 0.5) is 52.7 Å². The smallest absolute Gasteiger partial charge is 0.380 e. The summed E-state index contributed by atoms with van der Waals surface area (Å²) in [5, 5.41) is 18.0. The lowest BCUT2D eigenvalue weighted by Gasteiger charge is -2.33. The standard InChI is InChI=1S/C20H12F12O2/c21-15(22,19(29,30)17(25,26)11-1-5-13(33)6-2-11)9-10-16(23,24)20(31,32)18(27,28)12-3-7-14(34)8-4-12/h1-10,33-34H/b10-9+. The van der Waals surface area contributed by atoms with Crippen LogP contribution >= 0.6 is 0 Å². The molecule has 0 bridgehead atoms. The molecule has 2 aromatic carbocycles. The fourth-order valence-electron chi connectivity index (χ4n) is 2.54. The van der Waals surface area contributed by atoms with Crippen molar-refractivity contribution < 1.29 is 62.9 Å². The summed E-state index contributed by atoms with van der Waals surface area (Å²) in [4.78, 5) is 0. The van der Waals surface area contributed by atoms with Crippen LogP contribution in [0.25, 0.3) is 0 Å². The molecule has 2 N–H and O–H groups in total. The maximum absolute atomic E-state index is 14.0. The van der Waals surface area contributed by atoms with E-state index in [0.29, 0.717) is 24.3 Å². The molecule has 0 aliphatic heterocycles. The van der Waals surface area contributed by atoms with Gasteiger partial charge < -0.3 is 10.2 Å². The number of allylic oxidation sites excluding steroid dienone is 2. The zero-order valence-electron chi connectivity index (χ0n) is 16.2. The van der Waals surface area contributed by atoms with Gasteiger partial charge in [-0.1, -0.05) is 0 Å². The Kier molecular flexibility index (Phi) is 6.64. The van der Waals surface area contributed by atoms with Crippen LogP contribution in [-0.2, 0) is 11.8 Å². The van der Waals surface area contributed by atoms with Crippen LogP contribution in [-0.4, -0.2) is 33.9 Å². The fraction of sp³-hybridized carbons (Fsp3) is 0.300. The molecule has 0 aliphatic rings. The number of alkyl halides is 12. The number of halogens is 12. The second-order valence-electron chi connectivity index (χ2n) is 6.97. The molecule has 0 unspecified atom stereocenters. The van der Waals surface area contributed by atoms with Gasteiger partial charge in [-0.05, 0) is 60.7 Å². The molecule has 2 nitrogen and oxygen atoms in total. The average molecular weight is 512 g/mol. The molecular formula is C20H12F12O2. The van der Waals surface area contributed by atoms with Crippen LogP contribution in [0.3, 0.4) is 0 Å². The summed E-state index contributed by atoms with van der Waals surface area (Å²) in [6.45, 7) is 0. The number of benzene rings is 2. The van der Waals surface area contributed by atoms with Crippen LogP contribution in [0.2, 0.25) is 0 Å². The van der Waals surface area contributed by atoms with E-state index in [2.05, 4.69) is 0 Å². The van der Waals surface area contributed by atoms with Crippen molar-refractivity contribution in [2.75, 3.05) is 0 Å².